The Kier molecular flexibility index (Phi) is 6.26. The van der Waals surface area contributed by atoms with Crippen LogP contribution in [0.3, 0.4) is 0 Å². The Morgan fingerprint density at radius 1 is 1.07 bits per heavy atom. The van der Waals surface area contributed by atoms with E-state index in [1.165, 1.54) is 0 Å². The summed E-state index contributed by atoms with van der Waals surface area (Å²) < 4.78 is 11.0. The highest BCUT2D eigenvalue weighted by Gasteiger charge is 2.20. The largest absolute Gasteiger partial charge is 0.504 e. The van der Waals surface area contributed by atoms with Crippen LogP contribution in [0.25, 0.3) is 10.9 Å². The van der Waals surface area contributed by atoms with Crippen LogP contribution < -0.4 is 4.74 Å². The molecule has 2 aromatic carbocycles. The molecule has 0 aliphatic heterocycles. The van der Waals surface area contributed by atoms with Gasteiger partial charge in [-0.1, -0.05) is 18.2 Å². The summed E-state index contributed by atoms with van der Waals surface area (Å²) in [7, 11) is 0. The number of carbonyl (C=O) groups is 2. The molecule has 0 aliphatic rings. The van der Waals surface area contributed by atoms with Crippen molar-refractivity contribution in [1.82, 2.24) is 4.98 Å². The number of pyridine rings is 1. The Hall–Kier alpha value is -2.93. The molecule has 0 atom stereocenters. The summed E-state index contributed by atoms with van der Waals surface area (Å²) in [6.07, 6.45) is -0.153. The van der Waals surface area contributed by atoms with Gasteiger partial charge in [0, 0.05) is 11.8 Å². The Morgan fingerprint density at radius 3 is 2.54 bits per heavy atom. The van der Waals surface area contributed by atoms with Gasteiger partial charge in [-0.2, -0.15) is 0 Å². The minimum Gasteiger partial charge on any atom is -0.504 e. The molecule has 6 nitrogen and oxygen atoms in total. The van der Waals surface area contributed by atoms with Gasteiger partial charge in [0.25, 0.3) is 0 Å². The molecule has 0 radical (unpaired) electrons. The van der Waals surface area contributed by atoms with Crippen LogP contribution in [0.15, 0.2) is 53.0 Å². The van der Waals surface area contributed by atoms with Crippen LogP contribution in [0.2, 0.25) is 0 Å². The van der Waals surface area contributed by atoms with E-state index in [0.29, 0.717) is 26.9 Å². The SMILES string of the molecule is CCOC(=O)CCC(=O)c1nc2ccc(Oc3ccccc3)cc2c(Br)c1O. The van der Waals surface area contributed by atoms with E-state index in [0.717, 1.165) is 0 Å². The number of para-hydroxylation sites is 1. The van der Waals surface area contributed by atoms with E-state index in [2.05, 4.69) is 20.9 Å². The summed E-state index contributed by atoms with van der Waals surface area (Å²) in [6.45, 7) is 1.95. The molecule has 1 N–H and O–H groups in total. The maximum absolute atomic E-state index is 12.4. The molecular weight excluding hydrogens is 426 g/mol. The van der Waals surface area contributed by atoms with Crippen LogP contribution in [-0.2, 0) is 9.53 Å². The molecule has 3 aromatic rings. The first-order valence-electron chi connectivity index (χ1n) is 8.73. The van der Waals surface area contributed by atoms with Gasteiger partial charge in [0.15, 0.2) is 11.5 Å². The number of fused-ring (bicyclic) bond motifs is 1. The fourth-order valence-electron chi connectivity index (χ4n) is 2.64. The van der Waals surface area contributed by atoms with Crippen LogP contribution in [0, 0.1) is 0 Å². The van der Waals surface area contributed by atoms with E-state index in [1.807, 2.05) is 30.3 Å². The molecule has 7 heteroatoms. The molecule has 0 saturated heterocycles. The standard InChI is InChI=1S/C21H18BrNO5/c1-2-27-18(25)11-10-17(24)20-21(26)19(22)15-12-14(8-9-16(15)23-20)28-13-6-4-3-5-7-13/h3-9,12,26H,2,10-11H2,1H3. The first-order valence-corrected chi connectivity index (χ1v) is 9.53. The summed E-state index contributed by atoms with van der Waals surface area (Å²) in [4.78, 5) is 28.1. The molecule has 0 saturated carbocycles. The van der Waals surface area contributed by atoms with Crippen LogP contribution in [-0.4, -0.2) is 28.4 Å². The maximum atomic E-state index is 12.4. The van der Waals surface area contributed by atoms with Gasteiger partial charge >= 0.3 is 5.97 Å². The van der Waals surface area contributed by atoms with Crippen LogP contribution in [0.5, 0.6) is 17.2 Å². The van der Waals surface area contributed by atoms with Gasteiger partial charge < -0.3 is 14.6 Å². The van der Waals surface area contributed by atoms with Crippen molar-refractivity contribution in [3.05, 3.63) is 58.7 Å². The summed E-state index contributed by atoms with van der Waals surface area (Å²) >= 11 is 3.34. The zero-order valence-electron chi connectivity index (χ0n) is 15.1. The molecular formula is C21H18BrNO5. The smallest absolute Gasteiger partial charge is 0.306 e. The van der Waals surface area contributed by atoms with Crippen molar-refractivity contribution in [3.63, 3.8) is 0 Å². The number of rotatable bonds is 7. The van der Waals surface area contributed by atoms with Crippen LogP contribution >= 0.6 is 15.9 Å². The number of ketones is 1. The first-order chi connectivity index (χ1) is 13.5. The minimum absolute atomic E-state index is 0.0622. The molecule has 0 spiro atoms. The van der Waals surface area contributed by atoms with E-state index in [1.54, 1.807) is 25.1 Å². The minimum atomic E-state index is -0.460. The Bertz CT molecular complexity index is 1020. The third-order valence-electron chi connectivity index (χ3n) is 3.97. The summed E-state index contributed by atoms with van der Waals surface area (Å²) in [6, 6.07) is 14.5. The number of halogens is 1. The van der Waals surface area contributed by atoms with Crippen molar-refractivity contribution in [1.29, 1.82) is 0 Å². The lowest BCUT2D eigenvalue weighted by Crippen LogP contribution is -2.09. The molecule has 28 heavy (non-hydrogen) atoms. The second kappa shape index (κ2) is 8.84. The number of ether oxygens (including phenoxy) is 2. The fraction of sp³-hybridized carbons (Fsp3) is 0.190. The monoisotopic (exact) mass is 443 g/mol. The highest BCUT2D eigenvalue weighted by atomic mass is 79.9. The van der Waals surface area contributed by atoms with E-state index < -0.39 is 11.8 Å². The lowest BCUT2D eigenvalue weighted by Gasteiger charge is -2.11. The number of hydrogen-bond acceptors (Lipinski definition) is 6. The zero-order chi connectivity index (χ0) is 20.1. The summed E-state index contributed by atoms with van der Waals surface area (Å²) in [5, 5.41) is 11.0. The highest BCUT2D eigenvalue weighted by molar-refractivity contribution is 9.10. The second-order valence-electron chi connectivity index (χ2n) is 5.95. The fourth-order valence-corrected chi connectivity index (χ4v) is 3.15. The van der Waals surface area contributed by atoms with E-state index in [9.17, 15) is 14.7 Å². The average Bonchev–Trinajstić information content (AvgIpc) is 2.70. The zero-order valence-corrected chi connectivity index (χ0v) is 16.7. The van der Waals surface area contributed by atoms with Gasteiger partial charge in [-0.25, -0.2) is 4.98 Å². The number of hydrogen-bond donors (Lipinski definition) is 1. The predicted octanol–water partition coefficient (Wildman–Crippen LogP) is 5.02. The third-order valence-corrected chi connectivity index (χ3v) is 4.78. The normalized spacial score (nSPS) is 10.6. The first kappa shape index (κ1) is 19.8. The van der Waals surface area contributed by atoms with Crippen molar-refractivity contribution >= 4 is 38.6 Å². The van der Waals surface area contributed by atoms with Gasteiger partial charge in [0.1, 0.15) is 17.2 Å². The van der Waals surface area contributed by atoms with E-state index in [4.69, 9.17) is 9.47 Å². The lowest BCUT2D eigenvalue weighted by molar-refractivity contribution is -0.143. The molecule has 1 heterocycles. The predicted molar refractivity (Wildman–Crippen MR) is 108 cm³/mol. The van der Waals surface area contributed by atoms with Gasteiger partial charge in [0.05, 0.1) is 23.0 Å². The number of nitrogens with zero attached hydrogens (tertiary/aromatic N) is 1. The van der Waals surface area contributed by atoms with Crippen molar-refractivity contribution in [2.75, 3.05) is 6.61 Å². The summed E-state index contributed by atoms with van der Waals surface area (Å²) in [5.74, 6) is 0.0942. The van der Waals surface area contributed by atoms with E-state index >= 15 is 0 Å². The van der Waals surface area contributed by atoms with Crippen molar-refractivity contribution in [3.8, 4) is 17.2 Å². The van der Waals surface area contributed by atoms with Crippen molar-refractivity contribution < 1.29 is 24.2 Å². The molecule has 0 fully saturated rings. The molecule has 144 valence electrons. The molecule has 0 bridgehead atoms. The average molecular weight is 444 g/mol. The van der Waals surface area contributed by atoms with Crippen molar-refractivity contribution in [2.45, 2.75) is 19.8 Å². The molecule has 1 aromatic heterocycles. The topological polar surface area (TPSA) is 85.7 Å². The van der Waals surface area contributed by atoms with Gasteiger partial charge in [-0.3, -0.25) is 9.59 Å². The lowest BCUT2D eigenvalue weighted by atomic mass is 10.1. The number of esters is 1. The Balaban J connectivity index is 1.87. The number of aromatic nitrogens is 1. The molecule has 0 amide bonds. The van der Waals surface area contributed by atoms with Crippen molar-refractivity contribution in [2.24, 2.45) is 0 Å². The van der Waals surface area contributed by atoms with E-state index in [-0.39, 0.29) is 30.9 Å². The highest BCUT2D eigenvalue weighted by Crippen LogP contribution is 2.37. The second-order valence-corrected chi connectivity index (χ2v) is 6.74. The molecule has 3 rings (SSSR count). The van der Waals surface area contributed by atoms with Crippen LogP contribution in [0.4, 0.5) is 0 Å². The Labute approximate surface area is 170 Å². The van der Waals surface area contributed by atoms with Gasteiger partial charge in [-0.15, -0.1) is 0 Å². The number of aromatic hydroxyl groups is 1. The van der Waals surface area contributed by atoms with Gasteiger partial charge in [-0.05, 0) is 53.2 Å². The van der Waals surface area contributed by atoms with Crippen LogP contribution in [0.1, 0.15) is 30.3 Å². The third kappa shape index (κ3) is 4.48. The summed E-state index contributed by atoms with van der Waals surface area (Å²) in [5.41, 5.74) is 0.435. The molecule has 0 unspecified atom stereocenters. The maximum Gasteiger partial charge on any atom is 0.306 e. The number of benzene rings is 2. The quantitative estimate of drug-likeness (QED) is 0.407. The van der Waals surface area contributed by atoms with Gasteiger partial charge in [0.2, 0.25) is 0 Å². The number of carbonyl (C=O) groups excluding carboxylic acids is 2. The number of Topliss-reactive ketones (excluding diaryl/α,β-unsaturated/α-hetero) is 1. The Morgan fingerprint density at radius 2 is 1.82 bits per heavy atom. The molecule has 0 aliphatic carbocycles.